The Kier molecular flexibility index (Phi) is 5.93. The number of nitrogens with one attached hydrogen (secondary N) is 3. The van der Waals surface area contributed by atoms with Crippen LogP contribution in [0.4, 0.5) is 11.4 Å². The first-order chi connectivity index (χ1) is 12.0. The molecule has 0 bridgehead atoms. The minimum absolute atomic E-state index is 0. The highest BCUT2D eigenvalue weighted by atomic mass is 79.9. The molecule has 136 valence electrons. The maximum atomic E-state index is 12.4. The molecule has 26 heavy (non-hydrogen) atoms. The summed E-state index contributed by atoms with van der Waals surface area (Å²) in [6.45, 7) is 2.76. The van der Waals surface area contributed by atoms with Crippen molar-refractivity contribution in [2.45, 2.75) is 13.5 Å². The van der Waals surface area contributed by atoms with Gasteiger partial charge < -0.3 is 5.32 Å². The molecule has 0 saturated heterocycles. The van der Waals surface area contributed by atoms with Crippen molar-refractivity contribution in [2.75, 3.05) is 11.9 Å². The van der Waals surface area contributed by atoms with E-state index in [2.05, 4.69) is 10.7 Å². The quantitative estimate of drug-likeness (QED) is 0.509. The lowest BCUT2D eigenvalue weighted by molar-refractivity contribution is -0.384. The van der Waals surface area contributed by atoms with Gasteiger partial charge in [0.2, 0.25) is 0 Å². The minimum Gasteiger partial charge on any atom is -0.380 e. The van der Waals surface area contributed by atoms with Crippen molar-refractivity contribution in [2.24, 2.45) is 0 Å². The molecule has 0 saturated carbocycles. The zero-order valence-corrected chi connectivity index (χ0v) is 15.7. The van der Waals surface area contributed by atoms with E-state index in [-0.39, 0.29) is 34.1 Å². The maximum Gasteiger partial charge on any atom is 0.293 e. The molecule has 1 heterocycles. The zero-order chi connectivity index (χ0) is 18.0. The number of carbonyl (C=O) groups is 1. The molecule has 0 aromatic heterocycles. The fraction of sp³-hybridized carbons (Fsp3) is 0.176. The lowest BCUT2D eigenvalue weighted by atomic mass is 10.1. The Bertz CT molecular complexity index is 871. The number of nitro groups is 1. The first-order valence-corrected chi connectivity index (χ1v) is 7.79. The molecule has 0 radical (unpaired) electrons. The first kappa shape index (κ1) is 19.4. The average molecular weight is 420 g/mol. The molecule has 2 aromatic carbocycles. The van der Waals surface area contributed by atoms with Crippen LogP contribution in [-0.2, 0) is 6.54 Å². The molecule has 3 rings (SSSR count). The normalized spacial score (nSPS) is 12.2. The summed E-state index contributed by atoms with van der Waals surface area (Å²) in [5.74, 6) is -0.300. The van der Waals surface area contributed by atoms with Gasteiger partial charge >= 0.3 is 0 Å². The second-order valence-electron chi connectivity index (χ2n) is 5.55. The number of rotatable bonds is 5. The van der Waals surface area contributed by atoms with Crippen LogP contribution in [-0.4, -0.2) is 28.2 Å². The summed E-state index contributed by atoms with van der Waals surface area (Å²) in [5, 5.41) is 23.7. The van der Waals surface area contributed by atoms with Crippen LogP contribution in [0.15, 0.2) is 42.5 Å². The van der Waals surface area contributed by atoms with E-state index in [9.17, 15) is 14.9 Å². The molecule has 0 fully saturated rings. The van der Waals surface area contributed by atoms with E-state index in [1.165, 1.54) is 23.2 Å². The Hall–Kier alpha value is -2.94. The van der Waals surface area contributed by atoms with Gasteiger partial charge in [-0.1, -0.05) is 24.3 Å². The Balaban J connectivity index is 0.00000243. The third-order valence-corrected chi connectivity index (χ3v) is 3.93. The summed E-state index contributed by atoms with van der Waals surface area (Å²) < 4.78 is 0. The largest absolute Gasteiger partial charge is 0.380 e. The summed E-state index contributed by atoms with van der Waals surface area (Å²) in [5.41, 5.74) is 4.71. The van der Waals surface area contributed by atoms with Crippen LogP contribution in [0.5, 0.6) is 0 Å². The van der Waals surface area contributed by atoms with Crippen LogP contribution in [0.25, 0.3) is 0 Å². The van der Waals surface area contributed by atoms with Gasteiger partial charge in [0.25, 0.3) is 11.6 Å². The second-order valence-corrected chi connectivity index (χ2v) is 5.55. The van der Waals surface area contributed by atoms with Crippen LogP contribution >= 0.6 is 17.0 Å². The number of carbonyl (C=O) groups excluding carboxylic acids is 1. The molecule has 2 aromatic rings. The van der Waals surface area contributed by atoms with E-state index >= 15 is 0 Å². The van der Waals surface area contributed by atoms with Crippen molar-refractivity contribution in [1.29, 1.82) is 5.41 Å². The van der Waals surface area contributed by atoms with Crippen LogP contribution in [0.2, 0.25) is 0 Å². The van der Waals surface area contributed by atoms with Gasteiger partial charge in [0.15, 0.2) is 0 Å². The third-order valence-electron chi connectivity index (χ3n) is 3.93. The fourth-order valence-electron chi connectivity index (χ4n) is 2.73. The van der Waals surface area contributed by atoms with Gasteiger partial charge in [-0.15, -0.1) is 17.0 Å². The van der Waals surface area contributed by atoms with E-state index < -0.39 is 10.8 Å². The Labute approximate surface area is 160 Å². The van der Waals surface area contributed by atoms with E-state index in [0.717, 1.165) is 11.1 Å². The van der Waals surface area contributed by atoms with Crippen LogP contribution in [0.1, 0.15) is 28.4 Å². The van der Waals surface area contributed by atoms with Crippen LogP contribution in [0.3, 0.4) is 0 Å². The topological polar surface area (TPSA) is 111 Å². The highest BCUT2D eigenvalue weighted by Crippen LogP contribution is 2.26. The van der Waals surface area contributed by atoms with Crippen LogP contribution < -0.4 is 10.7 Å². The van der Waals surface area contributed by atoms with Gasteiger partial charge in [-0.05, 0) is 24.6 Å². The average Bonchev–Trinajstić information content (AvgIpc) is 2.91. The second kappa shape index (κ2) is 7.96. The fourth-order valence-corrected chi connectivity index (χ4v) is 2.73. The number of amides is 1. The number of nitrogens with zero attached hydrogens (tertiary/aromatic N) is 2. The highest BCUT2D eigenvalue weighted by molar-refractivity contribution is 8.93. The van der Waals surface area contributed by atoms with Crippen molar-refractivity contribution in [3.8, 4) is 0 Å². The summed E-state index contributed by atoms with van der Waals surface area (Å²) in [4.78, 5) is 23.1. The van der Waals surface area contributed by atoms with Gasteiger partial charge in [-0.25, -0.2) is 0 Å². The molecule has 1 amide bonds. The first-order valence-electron chi connectivity index (χ1n) is 7.79. The molecule has 9 heteroatoms. The molecular formula is C17H18BrN5O3. The van der Waals surface area contributed by atoms with Gasteiger partial charge in [0.1, 0.15) is 11.5 Å². The number of amidine groups is 1. The third kappa shape index (κ3) is 3.67. The molecule has 0 atom stereocenters. The predicted octanol–water partition coefficient (Wildman–Crippen LogP) is 3.09. The Morgan fingerprint density at radius 3 is 2.69 bits per heavy atom. The van der Waals surface area contributed by atoms with Crippen molar-refractivity contribution in [3.05, 3.63) is 69.3 Å². The molecule has 1 aliphatic rings. The SMILES string of the molecule is Br.CCNc1ccc(C(=O)NN2Cc3ccccc3C2=N)cc1[N+](=O)[O-]. The molecular weight excluding hydrogens is 402 g/mol. The van der Waals surface area contributed by atoms with Gasteiger partial charge in [-0.3, -0.25) is 30.8 Å². The number of nitro benzene ring substituents is 1. The standard InChI is InChI=1S/C17H17N5O3.BrH/c1-2-19-14-8-7-11(9-15(14)22(24)25)17(23)20-21-10-12-5-3-4-6-13(12)16(21)18;/h3-9,18-19H,2,10H2,1H3,(H,20,23);1H. The number of benzene rings is 2. The Morgan fingerprint density at radius 2 is 2.04 bits per heavy atom. The number of fused-ring (bicyclic) bond motifs is 1. The van der Waals surface area contributed by atoms with E-state index in [1.807, 2.05) is 31.2 Å². The number of hydrogen-bond acceptors (Lipinski definition) is 5. The van der Waals surface area contributed by atoms with Gasteiger partial charge in [0.05, 0.1) is 11.5 Å². The lowest BCUT2D eigenvalue weighted by Crippen LogP contribution is -2.42. The summed E-state index contributed by atoms with van der Waals surface area (Å²) in [6.07, 6.45) is 0. The maximum absolute atomic E-state index is 12.4. The molecule has 0 aliphatic carbocycles. The molecule has 3 N–H and O–H groups in total. The van der Waals surface area contributed by atoms with E-state index in [0.29, 0.717) is 18.8 Å². The van der Waals surface area contributed by atoms with Crippen molar-refractivity contribution in [3.63, 3.8) is 0 Å². The molecule has 0 unspecified atom stereocenters. The number of anilines is 1. The number of hydrazine groups is 1. The van der Waals surface area contributed by atoms with Gasteiger partial charge in [-0.2, -0.15) is 0 Å². The monoisotopic (exact) mass is 419 g/mol. The van der Waals surface area contributed by atoms with E-state index in [1.54, 1.807) is 0 Å². The highest BCUT2D eigenvalue weighted by Gasteiger charge is 2.26. The van der Waals surface area contributed by atoms with Gasteiger partial charge in [0, 0.05) is 23.7 Å². The van der Waals surface area contributed by atoms with Crippen molar-refractivity contribution in [1.82, 2.24) is 10.4 Å². The molecule has 1 aliphatic heterocycles. The lowest BCUT2D eigenvalue weighted by Gasteiger charge is -2.19. The number of hydrogen-bond donors (Lipinski definition) is 3. The molecule has 8 nitrogen and oxygen atoms in total. The predicted molar refractivity (Wildman–Crippen MR) is 104 cm³/mol. The number of halogens is 1. The summed E-state index contributed by atoms with van der Waals surface area (Å²) >= 11 is 0. The van der Waals surface area contributed by atoms with Crippen molar-refractivity contribution < 1.29 is 9.72 Å². The Morgan fingerprint density at radius 1 is 1.31 bits per heavy atom. The zero-order valence-electron chi connectivity index (χ0n) is 14.0. The summed E-state index contributed by atoms with van der Waals surface area (Å²) in [7, 11) is 0. The summed E-state index contributed by atoms with van der Waals surface area (Å²) in [6, 6.07) is 11.7. The van der Waals surface area contributed by atoms with Crippen molar-refractivity contribution >= 4 is 40.1 Å². The smallest absolute Gasteiger partial charge is 0.293 e. The van der Waals surface area contributed by atoms with Crippen LogP contribution in [0, 0.1) is 15.5 Å². The minimum atomic E-state index is -0.525. The molecule has 0 spiro atoms. The van der Waals surface area contributed by atoms with E-state index in [4.69, 9.17) is 5.41 Å².